The van der Waals surface area contributed by atoms with Gasteiger partial charge in [-0.15, -0.1) is 0 Å². The zero-order valence-electron chi connectivity index (χ0n) is 13.5. The molecule has 0 aromatic rings. The molecular weight excluding hydrogens is 405 g/mol. The van der Waals surface area contributed by atoms with Crippen LogP contribution in [-0.4, -0.2) is 0 Å². The summed E-state index contributed by atoms with van der Waals surface area (Å²) >= 11 is 0.948. The zero-order chi connectivity index (χ0) is 13.8. The Morgan fingerprint density at radius 3 is 1.50 bits per heavy atom. The number of hydrogen-bond acceptors (Lipinski definition) is 0. The first-order valence-electron chi connectivity index (χ1n) is 8.09. The summed E-state index contributed by atoms with van der Waals surface area (Å²) in [6, 6.07) is 0. The average Bonchev–Trinajstić information content (AvgIpc) is 2.27. The second kappa shape index (κ2) is 7.09. The summed E-state index contributed by atoms with van der Waals surface area (Å²) in [5.41, 5.74) is 1.32. The standard InChI is InChI=1S/C10H19.C7H14.Hg/c1-9(2)6-5-7-10(3,4)8-9;1-7-5-3-2-4-6-7;/h8H,5-7H2,1-4H3;7H,2-6H2,1H3;. The minimum absolute atomic E-state index is 0.658. The molecule has 0 aromatic carbocycles. The van der Waals surface area contributed by atoms with Gasteiger partial charge in [-0.25, -0.2) is 0 Å². The van der Waals surface area contributed by atoms with E-state index in [4.69, 9.17) is 0 Å². The molecule has 0 aromatic heterocycles. The molecule has 103 valence electrons. The summed E-state index contributed by atoms with van der Waals surface area (Å²) in [7, 11) is 0. The molecule has 0 spiro atoms. The smallest absolute Gasteiger partial charge is 0.0443 e. The van der Waals surface area contributed by atoms with E-state index >= 15 is 0 Å². The van der Waals surface area contributed by atoms with E-state index in [0.29, 0.717) is 10.8 Å². The Hall–Kier alpha value is 0.935. The fraction of sp³-hybridized carbons (Fsp3) is 1.00. The maximum absolute atomic E-state index is 2.46. The Morgan fingerprint density at radius 2 is 1.22 bits per heavy atom. The molecular formula is C17H33Hg. The van der Waals surface area contributed by atoms with Crippen molar-refractivity contribution >= 4 is 0 Å². The van der Waals surface area contributed by atoms with E-state index < -0.39 is 0 Å². The quantitative estimate of drug-likeness (QED) is 0.399. The van der Waals surface area contributed by atoms with Crippen LogP contribution in [0.25, 0.3) is 0 Å². The summed E-state index contributed by atoms with van der Waals surface area (Å²) in [6.45, 7) is 12.2. The molecule has 18 heavy (non-hydrogen) atoms. The molecule has 0 nitrogen and oxygen atoms in total. The molecule has 0 amide bonds. The van der Waals surface area contributed by atoms with Gasteiger partial charge in [0.1, 0.15) is 0 Å². The van der Waals surface area contributed by atoms with E-state index in [0.717, 1.165) is 35.5 Å². The van der Waals surface area contributed by atoms with Crippen LogP contribution in [0.2, 0.25) is 3.43 Å². The summed E-state index contributed by atoms with van der Waals surface area (Å²) in [4.78, 5) is 0. The van der Waals surface area contributed by atoms with Crippen molar-refractivity contribution in [3.63, 3.8) is 0 Å². The third-order valence-electron chi connectivity index (χ3n) is 5.42. The largest absolute Gasteiger partial charge is 0.0625 e. The van der Waals surface area contributed by atoms with E-state index in [1.54, 1.807) is 0 Å². The van der Waals surface area contributed by atoms with Crippen LogP contribution in [0, 0.1) is 16.7 Å². The minimum atomic E-state index is 0.658. The number of rotatable bonds is 0. The summed E-state index contributed by atoms with van der Waals surface area (Å²) < 4.78 is 1.06. The van der Waals surface area contributed by atoms with Crippen LogP contribution >= 0.6 is 0 Å². The summed E-state index contributed by atoms with van der Waals surface area (Å²) in [6.07, 6.45) is 11.8. The molecule has 2 saturated carbocycles. The van der Waals surface area contributed by atoms with Gasteiger partial charge in [-0.2, -0.15) is 0 Å². The van der Waals surface area contributed by atoms with E-state index in [-0.39, 0.29) is 0 Å². The van der Waals surface area contributed by atoms with Crippen molar-refractivity contribution in [1.29, 1.82) is 0 Å². The summed E-state index contributed by atoms with van der Waals surface area (Å²) in [5.74, 6) is 1.04. The van der Waals surface area contributed by atoms with E-state index in [1.807, 2.05) is 0 Å². The van der Waals surface area contributed by atoms with Crippen LogP contribution in [0.1, 0.15) is 86.0 Å². The van der Waals surface area contributed by atoms with Gasteiger partial charge < -0.3 is 0 Å². The van der Waals surface area contributed by atoms with Crippen molar-refractivity contribution in [2.24, 2.45) is 16.7 Å². The third kappa shape index (κ3) is 5.14. The molecule has 0 N–H and O–H groups in total. The molecule has 2 fully saturated rings. The van der Waals surface area contributed by atoms with Crippen molar-refractivity contribution < 1.29 is 26.1 Å². The number of hydrogen-bond donors (Lipinski definition) is 0. The topological polar surface area (TPSA) is 0 Å². The van der Waals surface area contributed by atoms with Crippen LogP contribution in [0.15, 0.2) is 0 Å². The van der Waals surface area contributed by atoms with Gasteiger partial charge >= 0.3 is 87.3 Å². The SMILES string of the molecule is CC1(C)CCCC(C)(C)[CH]1[Hg].CC1CCCCC1. The monoisotopic (exact) mass is 439 g/mol. The van der Waals surface area contributed by atoms with Crippen LogP contribution in [0.5, 0.6) is 0 Å². The van der Waals surface area contributed by atoms with Crippen molar-refractivity contribution in [3.8, 4) is 0 Å². The van der Waals surface area contributed by atoms with E-state index in [2.05, 4.69) is 34.6 Å². The van der Waals surface area contributed by atoms with Gasteiger partial charge in [0.25, 0.3) is 0 Å². The second-order valence-electron chi connectivity index (χ2n) is 8.13. The first-order chi connectivity index (χ1) is 8.26. The Morgan fingerprint density at radius 1 is 0.778 bits per heavy atom. The molecule has 2 aliphatic carbocycles. The first kappa shape index (κ1) is 17.0. The van der Waals surface area contributed by atoms with E-state index in [1.165, 1.54) is 51.4 Å². The van der Waals surface area contributed by atoms with Crippen molar-refractivity contribution in [2.75, 3.05) is 0 Å². The normalized spacial score (nSPS) is 28.4. The Labute approximate surface area is 132 Å². The van der Waals surface area contributed by atoms with Gasteiger partial charge in [0.05, 0.1) is 0 Å². The molecule has 0 aliphatic heterocycles. The summed E-state index contributed by atoms with van der Waals surface area (Å²) in [5, 5.41) is 0. The van der Waals surface area contributed by atoms with Crippen molar-refractivity contribution in [3.05, 3.63) is 0 Å². The predicted octanol–water partition coefficient (Wildman–Crippen LogP) is 6.14. The fourth-order valence-electron chi connectivity index (χ4n) is 3.71. The fourth-order valence-corrected chi connectivity index (χ4v) is 5.30. The van der Waals surface area contributed by atoms with Crippen LogP contribution in [0.4, 0.5) is 0 Å². The van der Waals surface area contributed by atoms with Gasteiger partial charge in [-0.3, -0.25) is 0 Å². The average molecular weight is 438 g/mol. The molecule has 0 unspecified atom stereocenters. The van der Waals surface area contributed by atoms with Gasteiger partial charge in [0.15, 0.2) is 0 Å². The Balaban J connectivity index is 0.000000199. The maximum Gasteiger partial charge on any atom is -0.0443 e. The Kier molecular flexibility index (Phi) is 6.69. The molecule has 1 heteroatoms. The van der Waals surface area contributed by atoms with E-state index in [9.17, 15) is 0 Å². The molecule has 0 saturated heterocycles. The molecule has 0 heterocycles. The molecule has 0 radical (unpaired) electrons. The van der Waals surface area contributed by atoms with Crippen LogP contribution < -0.4 is 0 Å². The predicted molar refractivity (Wildman–Crippen MR) is 77.4 cm³/mol. The first-order valence-corrected chi connectivity index (χ1v) is 11.3. The third-order valence-corrected chi connectivity index (χ3v) is 14.0. The Bertz CT molecular complexity index is 220. The zero-order valence-corrected chi connectivity index (χ0v) is 19.0. The minimum Gasteiger partial charge on any atom is -0.0625 e. The molecule has 2 rings (SSSR count). The van der Waals surface area contributed by atoms with Gasteiger partial charge in [0, 0.05) is 0 Å². The molecule has 0 atom stereocenters. The second-order valence-corrected chi connectivity index (χ2v) is 11.3. The molecule has 0 bridgehead atoms. The van der Waals surface area contributed by atoms with Gasteiger partial charge in [-0.05, 0) is 5.92 Å². The van der Waals surface area contributed by atoms with Crippen LogP contribution in [0.3, 0.4) is 0 Å². The van der Waals surface area contributed by atoms with Gasteiger partial charge in [0.2, 0.25) is 0 Å². The van der Waals surface area contributed by atoms with Crippen molar-refractivity contribution in [2.45, 2.75) is 89.4 Å². The molecule has 2 aliphatic rings. The maximum atomic E-state index is 2.46. The van der Waals surface area contributed by atoms with Crippen molar-refractivity contribution in [1.82, 2.24) is 0 Å². The van der Waals surface area contributed by atoms with Crippen LogP contribution in [-0.2, 0) is 26.1 Å². The van der Waals surface area contributed by atoms with Gasteiger partial charge in [-0.1, -0.05) is 39.0 Å².